The Bertz CT molecular complexity index is 494. The second-order valence-corrected chi connectivity index (χ2v) is 5.35. The molecule has 5 heteroatoms. The number of urea groups is 1. The Morgan fingerprint density at radius 1 is 1.44 bits per heavy atom. The molecule has 1 saturated carbocycles. The summed E-state index contributed by atoms with van der Waals surface area (Å²) in [5.74, 6) is 0.0796. The zero-order valence-electron chi connectivity index (χ0n) is 9.83. The second-order valence-electron chi connectivity index (χ2n) is 4.94. The van der Waals surface area contributed by atoms with Crippen molar-refractivity contribution in [3.8, 4) is 0 Å². The summed E-state index contributed by atoms with van der Waals surface area (Å²) in [5.41, 5.74) is 0.147. The van der Waals surface area contributed by atoms with Crippen molar-refractivity contribution in [2.45, 2.75) is 25.3 Å². The molecular formula is C13H14ClFN2O. The van der Waals surface area contributed by atoms with Crippen LogP contribution < -0.4 is 5.32 Å². The van der Waals surface area contributed by atoms with Crippen molar-refractivity contribution in [3.05, 3.63) is 29.0 Å². The summed E-state index contributed by atoms with van der Waals surface area (Å²) in [6.07, 6.45) is 3.46. The van der Waals surface area contributed by atoms with E-state index >= 15 is 0 Å². The maximum atomic E-state index is 13.7. The Morgan fingerprint density at radius 3 is 3.06 bits per heavy atom. The van der Waals surface area contributed by atoms with Crippen LogP contribution in [-0.2, 0) is 0 Å². The van der Waals surface area contributed by atoms with E-state index in [1.807, 2.05) is 0 Å². The van der Waals surface area contributed by atoms with Crippen LogP contribution in [0.5, 0.6) is 0 Å². The lowest BCUT2D eigenvalue weighted by Gasteiger charge is -2.44. The third-order valence-corrected chi connectivity index (χ3v) is 4.20. The number of likely N-dealkylation sites (tertiary alicyclic amines) is 1. The van der Waals surface area contributed by atoms with Crippen LogP contribution in [0.4, 0.5) is 14.9 Å². The van der Waals surface area contributed by atoms with Gasteiger partial charge >= 0.3 is 6.03 Å². The molecule has 96 valence electrons. The van der Waals surface area contributed by atoms with Gasteiger partial charge in [-0.25, -0.2) is 9.18 Å². The maximum Gasteiger partial charge on any atom is 0.322 e. The number of hydrogen-bond acceptors (Lipinski definition) is 1. The van der Waals surface area contributed by atoms with Crippen LogP contribution >= 0.6 is 11.6 Å². The van der Waals surface area contributed by atoms with Gasteiger partial charge in [-0.2, -0.15) is 0 Å². The van der Waals surface area contributed by atoms with Crippen molar-refractivity contribution in [1.29, 1.82) is 0 Å². The van der Waals surface area contributed by atoms with Crippen molar-refractivity contribution < 1.29 is 9.18 Å². The highest BCUT2D eigenvalue weighted by Crippen LogP contribution is 2.39. The van der Waals surface area contributed by atoms with E-state index in [0.717, 1.165) is 13.0 Å². The van der Waals surface area contributed by atoms with Crippen LogP contribution in [0.15, 0.2) is 18.2 Å². The van der Waals surface area contributed by atoms with Gasteiger partial charge < -0.3 is 10.2 Å². The van der Waals surface area contributed by atoms with E-state index in [-0.39, 0.29) is 16.7 Å². The van der Waals surface area contributed by atoms with Crippen molar-refractivity contribution in [2.75, 3.05) is 11.9 Å². The van der Waals surface area contributed by atoms with Crippen molar-refractivity contribution in [1.82, 2.24) is 4.90 Å². The van der Waals surface area contributed by atoms with Gasteiger partial charge in [-0.1, -0.05) is 24.1 Å². The van der Waals surface area contributed by atoms with E-state index in [9.17, 15) is 9.18 Å². The van der Waals surface area contributed by atoms with Crippen LogP contribution in [-0.4, -0.2) is 23.5 Å². The van der Waals surface area contributed by atoms with Gasteiger partial charge in [-0.05, 0) is 30.9 Å². The Morgan fingerprint density at radius 2 is 2.28 bits per heavy atom. The topological polar surface area (TPSA) is 32.3 Å². The molecule has 2 fully saturated rings. The monoisotopic (exact) mass is 268 g/mol. The first-order chi connectivity index (χ1) is 8.66. The number of anilines is 1. The number of carbonyl (C=O) groups excluding carboxylic acids is 1. The Balaban J connectivity index is 1.69. The fraction of sp³-hybridized carbons (Fsp3) is 0.462. The molecule has 1 aromatic carbocycles. The van der Waals surface area contributed by atoms with E-state index < -0.39 is 5.82 Å². The van der Waals surface area contributed by atoms with Gasteiger partial charge in [-0.15, -0.1) is 0 Å². The number of fused-ring (bicyclic) bond motifs is 1. The summed E-state index contributed by atoms with van der Waals surface area (Å²) < 4.78 is 13.7. The van der Waals surface area contributed by atoms with E-state index in [0.29, 0.717) is 12.0 Å². The quantitative estimate of drug-likeness (QED) is 0.831. The number of benzene rings is 1. The molecule has 0 radical (unpaired) electrons. The van der Waals surface area contributed by atoms with E-state index in [1.54, 1.807) is 11.0 Å². The molecule has 3 nitrogen and oxygen atoms in total. The average molecular weight is 269 g/mol. The average Bonchev–Trinajstić information content (AvgIpc) is 2.67. The van der Waals surface area contributed by atoms with E-state index in [1.165, 1.54) is 25.0 Å². The van der Waals surface area contributed by atoms with E-state index in [2.05, 4.69) is 5.32 Å². The molecule has 3 rings (SSSR count). The van der Waals surface area contributed by atoms with Crippen molar-refractivity contribution in [2.24, 2.45) is 5.92 Å². The number of amides is 2. The number of carbonyl (C=O) groups is 1. The maximum absolute atomic E-state index is 13.7. The van der Waals surface area contributed by atoms with Gasteiger partial charge in [0.15, 0.2) is 5.82 Å². The molecule has 18 heavy (non-hydrogen) atoms. The zero-order valence-corrected chi connectivity index (χ0v) is 10.6. The molecule has 2 atom stereocenters. The molecule has 1 N–H and O–H groups in total. The van der Waals surface area contributed by atoms with Gasteiger partial charge in [0.2, 0.25) is 0 Å². The molecule has 0 spiro atoms. The standard InChI is InChI=1S/C13H14ClFN2O/c14-9-4-2-5-10(12(9)15)16-13(18)17-7-8-3-1-6-11(8)17/h2,4-5,8,11H,1,3,6-7H2,(H,16,18). The summed E-state index contributed by atoms with van der Waals surface area (Å²) in [6.45, 7) is 0.790. The fourth-order valence-electron chi connectivity index (χ4n) is 2.91. The van der Waals surface area contributed by atoms with Gasteiger partial charge in [-0.3, -0.25) is 0 Å². The molecule has 0 bridgehead atoms. The van der Waals surface area contributed by atoms with Crippen LogP contribution in [0.2, 0.25) is 5.02 Å². The molecule has 1 aromatic rings. The molecule has 0 aromatic heterocycles. The molecule has 1 aliphatic carbocycles. The lowest BCUT2D eigenvalue weighted by atomic mass is 9.92. The van der Waals surface area contributed by atoms with Gasteiger partial charge in [0.25, 0.3) is 0 Å². The first kappa shape index (κ1) is 11.8. The summed E-state index contributed by atoms with van der Waals surface area (Å²) in [6, 6.07) is 4.73. The number of nitrogens with zero attached hydrogens (tertiary/aromatic N) is 1. The molecule has 2 aliphatic rings. The SMILES string of the molecule is O=C(Nc1cccc(Cl)c1F)N1CC2CCCC21. The Hall–Kier alpha value is -1.29. The minimum atomic E-state index is -0.573. The Kier molecular flexibility index (Phi) is 2.90. The molecule has 1 heterocycles. The highest BCUT2D eigenvalue weighted by Gasteiger charge is 2.44. The lowest BCUT2D eigenvalue weighted by molar-refractivity contribution is 0.0797. The minimum Gasteiger partial charge on any atom is -0.321 e. The lowest BCUT2D eigenvalue weighted by Crippen LogP contribution is -2.57. The molecule has 1 saturated heterocycles. The minimum absolute atomic E-state index is 0.0233. The first-order valence-corrected chi connectivity index (χ1v) is 6.56. The highest BCUT2D eigenvalue weighted by molar-refractivity contribution is 6.31. The van der Waals surface area contributed by atoms with Crippen molar-refractivity contribution >= 4 is 23.3 Å². The number of rotatable bonds is 1. The predicted octanol–water partition coefficient (Wildman–Crippen LogP) is 3.50. The number of hydrogen-bond donors (Lipinski definition) is 1. The molecular weight excluding hydrogens is 255 g/mol. The van der Waals surface area contributed by atoms with Crippen LogP contribution in [0.3, 0.4) is 0 Å². The fourth-order valence-corrected chi connectivity index (χ4v) is 3.09. The van der Waals surface area contributed by atoms with Crippen molar-refractivity contribution in [3.63, 3.8) is 0 Å². The number of nitrogens with one attached hydrogen (secondary N) is 1. The molecule has 1 aliphatic heterocycles. The van der Waals surface area contributed by atoms with Crippen LogP contribution in [0, 0.1) is 11.7 Å². The molecule has 2 amide bonds. The Labute approximate surface area is 110 Å². The van der Waals surface area contributed by atoms with Crippen LogP contribution in [0.1, 0.15) is 19.3 Å². The zero-order chi connectivity index (χ0) is 12.7. The summed E-state index contributed by atoms with van der Waals surface area (Å²) in [4.78, 5) is 13.8. The highest BCUT2D eigenvalue weighted by atomic mass is 35.5. The normalized spacial score (nSPS) is 25.6. The smallest absolute Gasteiger partial charge is 0.321 e. The first-order valence-electron chi connectivity index (χ1n) is 6.18. The predicted molar refractivity (Wildman–Crippen MR) is 68.3 cm³/mol. The third-order valence-electron chi connectivity index (χ3n) is 3.90. The van der Waals surface area contributed by atoms with Gasteiger partial charge in [0.1, 0.15) is 0 Å². The van der Waals surface area contributed by atoms with E-state index in [4.69, 9.17) is 11.6 Å². The van der Waals surface area contributed by atoms with Gasteiger partial charge in [0, 0.05) is 12.6 Å². The van der Waals surface area contributed by atoms with Gasteiger partial charge in [0.05, 0.1) is 10.7 Å². The second kappa shape index (κ2) is 4.43. The summed E-state index contributed by atoms with van der Waals surface area (Å²) in [7, 11) is 0. The molecule has 2 unspecified atom stereocenters. The van der Waals surface area contributed by atoms with Crippen LogP contribution in [0.25, 0.3) is 0 Å². The number of halogens is 2. The summed E-state index contributed by atoms with van der Waals surface area (Å²) in [5, 5.41) is 2.62. The third kappa shape index (κ3) is 1.85. The summed E-state index contributed by atoms with van der Waals surface area (Å²) >= 11 is 5.67. The largest absolute Gasteiger partial charge is 0.322 e.